The molecule has 0 amide bonds. The molecule has 0 aromatic rings. The Morgan fingerprint density at radius 2 is 2.40 bits per heavy atom. The summed E-state index contributed by atoms with van der Waals surface area (Å²) in [6.45, 7) is 0.892. The molecule has 0 bridgehead atoms. The highest BCUT2D eigenvalue weighted by Gasteiger charge is 2.24. The van der Waals surface area contributed by atoms with Gasteiger partial charge in [0.2, 0.25) is 0 Å². The third-order valence-corrected chi connectivity index (χ3v) is 2.18. The van der Waals surface area contributed by atoms with Gasteiger partial charge in [0, 0.05) is 18.2 Å². The fourth-order valence-electron chi connectivity index (χ4n) is 0.774. The summed E-state index contributed by atoms with van der Waals surface area (Å²) >= 11 is 1.81. The van der Waals surface area contributed by atoms with Crippen molar-refractivity contribution in [3.05, 3.63) is 0 Å². The van der Waals surface area contributed by atoms with Crippen LogP contribution in [0.25, 0.3) is 0 Å². The minimum absolute atomic E-state index is 0.641. The van der Waals surface area contributed by atoms with E-state index in [4.69, 9.17) is 5.73 Å². The van der Waals surface area contributed by atoms with Gasteiger partial charge in [0.25, 0.3) is 0 Å². The second kappa shape index (κ2) is 3.86. The molecule has 0 aliphatic heterocycles. The van der Waals surface area contributed by atoms with Crippen LogP contribution < -0.4 is 5.73 Å². The predicted octanol–water partition coefficient (Wildman–Crippen LogP) is 1.12. The van der Waals surface area contributed by atoms with Crippen LogP contribution in [-0.4, -0.2) is 24.4 Å². The van der Waals surface area contributed by atoms with Gasteiger partial charge < -0.3 is 5.73 Å². The van der Waals surface area contributed by atoms with Crippen molar-refractivity contribution >= 4 is 17.6 Å². The van der Waals surface area contributed by atoms with Crippen LogP contribution in [-0.2, 0) is 0 Å². The summed E-state index contributed by atoms with van der Waals surface area (Å²) in [6.07, 6.45) is 4.60. The van der Waals surface area contributed by atoms with E-state index >= 15 is 0 Å². The molecule has 58 valence electrons. The van der Waals surface area contributed by atoms with Crippen molar-refractivity contribution in [3.8, 4) is 0 Å². The Morgan fingerprint density at radius 1 is 1.70 bits per heavy atom. The van der Waals surface area contributed by atoms with E-state index in [1.807, 2.05) is 11.8 Å². The Labute approximate surface area is 66.3 Å². The lowest BCUT2D eigenvalue weighted by molar-refractivity contribution is 1.07. The molecule has 1 aliphatic rings. The van der Waals surface area contributed by atoms with Gasteiger partial charge in [-0.05, 0) is 19.1 Å². The van der Waals surface area contributed by atoms with Gasteiger partial charge in [-0.3, -0.25) is 4.99 Å². The lowest BCUT2D eigenvalue weighted by Gasteiger charge is -1.95. The highest BCUT2D eigenvalue weighted by Crippen LogP contribution is 2.28. The number of nitrogens with two attached hydrogens (primary N) is 1. The van der Waals surface area contributed by atoms with Crippen LogP contribution in [0.3, 0.4) is 0 Å². The zero-order valence-electron chi connectivity index (χ0n) is 6.34. The van der Waals surface area contributed by atoms with Gasteiger partial charge in [0.05, 0.1) is 5.84 Å². The number of hydrogen-bond acceptors (Lipinski definition) is 2. The van der Waals surface area contributed by atoms with Crippen LogP contribution in [0.5, 0.6) is 0 Å². The fraction of sp³-hybridized carbons (Fsp3) is 0.857. The first-order chi connectivity index (χ1) is 4.84. The van der Waals surface area contributed by atoms with Crippen LogP contribution in [0.4, 0.5) is 0 Å². The van der Waals surface area contributed by atoms with Crippen LogP contribution in [0.1, 0.15) is 12.8 Å². The lowest BCUT2D eigenvalue weighted by Crippen LogP contribution is -2.14. The second-order valence-corrected chi connectivity index (χ2v) is 3.56. The van der Waals surface area contributed by atoms with E-state index in [9.17, 15) is 0 Å². The smallest absolute Gasteiger partial charge is 0.0968 e. The predicted molar refractivity (Wildman–Crippen MR) is 47.6 cm³/mol. The summed E-state index contributed by atoms with van der Waals surface area (Å²) in [4.78, 5) is 4.25. The SMILES string of the molecule is CSCCN=C(N)C1CC1. The summed E-state index contributed by atoms with van der Waals surface area (Å²) in [7, 11) is 0. The molecule has 0 unspecified atom stereocenters. The molecule has 2 N–H and O–H groups in total. The average molecular weight is 158 g/mol. The molecule has 0 heterocycles. The third kappa shape index (κ3) is 2.60. The van der Waals surface area contributed by atoms with Crippen molar-refractivity contribution in [1.82, 2.24) is 0 Å². The zero-order chi connectivity index (χ0) is 7.40. The molecule has 1 saturated carbocycles. The van der Waals surface area contributed by atoms with Crippen LogP contribution in [0, 0.1) is 5.92 Å². The van der Waals surface area contributed by atoms with E-state index < -0.39 is 0 Å². The number of rotatable bonds is 4. The Kier molecular flexibility index (Phi) is 3.06. The van der Waals surface area contributed by atoms with E-state index in [2.05, 4.69) is 11.2 Å². The Hall–Kier alpha value is -0.180. The van der Waals surface area contributed by atoms with Crippen molar-refractivity contribution in [1.29, 1.82) is 0 Å². The maximum Gasteiger partial charge on any atom is 0.0968 e. The van der Waals surface area contributed by atoms with Gasteiger partial charge in [-0.2, -0.15) is 11.8 Å². The van der Waals surface area contributed by atoms with Crippen molar-refractivity contribution < 1.29 is 0 Å². The second-order valence-electron chi connectivity index (χ2n) is 2.57. The minimum Gasteiger partial charge on any atom is -0.387 e. The maximum absolute atomic E-state index is 5.66. The van der Waals surface area contributed by atoms with E-state index in [1.54, 1.807) is 0 Å². The lowest BCUT2D eigenvalue weighted by atomic mass is 10.4. The average Bonchev–Trinajstić information content (AvgIpc) is 2.69. The fourth-order valence-corrected chi connectivity index (χ4v) is 1.05. The summed E-state index contributed by atoms with van der Waals surface area (Å²) in [5.74, 6) is 2.61. The standard InChI is InChI=1S/C7H14N2S/c1-10-5-4-9-7(8)6-2-3-6/h6H,2-5H2,1H3,(H2,8,9). The molecule has 3 heteroatoms. The van der Waals surface area contributed by atoms with Crippen molar-refractivity contribution in [2.24, 2.45) is 16.6 Å². The number of aliphatic imine (C=N–C) groups is 1. The summed E-state index contributed by atoms with van der Waals surface area (Å²) in [6, 6.07) is 0. The van der Waals surface area contributed by atoms with Crippen LogP contribution in [0.15, 0.2) is 4.99 Å². The number of thioether (sulfide) groups is 1. The van der Waals surface area contributed by atoms with Gasteiger partial charge in [0.15, 0.2) is 0 Å². The number of nitrogens with zero attached hydrogens (tertiary/aromatic N) is 1. The highest BCUT2D eigenvalue weighted by atomic mass is 32.2. The largest absolute Gasteiger partial charge is 0.387 e. The number of amidine groups is 1. The minimum atomic E-state index is 0.641. The molecular formula is C7H14N2S. The van der Waals surface area contributed by atoms with E-state index in [0.29, 0.717) is 5.92 Å². The van der Waals surface area contributed by atoms with Gasteiger partial charge >= 0.3 is 0 Å². The van der Waals surface area contributed by atoms with Crippen molar-refractivity contribution in [2.75, 3.05) is 18.6 Å². The molecule has 2 nitrogen and oxygen atoms in total. The third-order valence-electron chi connectivity index (χ3n) is 1.59. The van der Waals surface area contributed by atoms with Gasteiger partial charge in [-0.15, -0.1) is 0 Å². The molecule has 0 atom stereocenters. The van der Waals surface area contributed by atoms with Crippen molar-refractivity contribution in [2.45, 2.75) is 12.8 Å². The molecular weight excluding hydrogens is 144 g/mol. The molecule has 1 rings (SSSR count). The molecule has 0 radical (unpaired) electrons. The van der Waals surface area contributed by atoms with E-state index in [0.717, 1.165) is 18.1 Å². The van der Waals surface area contributed by atoms with E-state index in [1.165, 1.54) is 12.8 Å². The molecule has 1 aliphatic carbocycles. The first-order valence-electron chi connectivity index (χ1n) is 3.63. The Bertz CT molecular complexity index is 130. The first-order valence-corrected chi connectivity index (χ1v) is 5.02. The highest BCUT2D eigenvalue weighted by molar-refractivity contribution is 7.98. The quantitative estimate of drug-likeness (QED) is 0.378. The molecule has 0 spiro atoms. The van der Waals surface area contributed by atoms with Gasteiger partial charge in [-0.1, -0.05) is 0 Å². The maximum atomic E-state index is 5.66. The first kappa shape index (κ1) is 7.92. The van der Waals surface area contributed by atoms with Crippen LogP contribution in [0.2, 0.25) is 0 Å². The van der Waals surface area contributed by atoms with Crippen molar-refractivity contribution in [3.63, 3.8) is 0 Å². The summed E-state index contributed by atoms with van der Waals surface area (Å²) in [5, 5.41) is 0. The van der Waals surface area contributed by atoms with Crippen LogP contribution >= 0.6 is 11.8 Å². The normalized spacial score (nSPS) is 19.5. The molecule has 0 aromatic carbocycles. The molecule has 0 saturated heterocycles. The van der Waals surface area contributed by atoms with E-state index in [-0.39, 0.29) is 0 Å². The monoisotopic (exact) mass is 158 g/mol. The Balaban J connectivity index is 2.11. The summed E-state index contributed by atoms with van der Waals surface area (Å²) in [5.41, 5.74) is 5.66. The van der Waals surface area contributed by atoms with Gasteiger partial charge in [-0.25, -0.2) is 0 Å². The number of hydrogen-bond donors (Lipinski definition) is 1. The Morgan fingerprint density at radius 3 is 2.90 bits per heavy atom. The zero-order valence-corrected chi connectivity index (χ0v) is 7.16. The topological polar surface area (TPSA) is 38.4 Å². The van der Waals surface area contributed by atoms with Gasteiger partial charge in [0.1, 0.15) is 0 Å². The summed E-state index contributed by atoms with van der Waals surface area (Å²) < 4.78 is 0. The molecule has 0 aromatic heterocycles. The molecule has 10 heavy (non-hydrogen) atoms. The molecule has 1 fully saturated rings.